The van der Waals surface area contributed by atoms with Crippen LogP contribution in [0.1, 0.15) is 45.3 Å². The van der Waals surface area contributed by atoms with Crippen LogP contribution in [-0.2, 0) is 6.42 Å². The lowest BCUT2D eigenvalue weighted by Crippen LogP contribution is -2.37. The zero-order valence-corrected chi connectivity index (χ0v) is 11.1. The highest BCUT2D eigenvalue weighted by Gasteiger charge is 2.29. The second-order valence-corrected chi connectivity index (χ2v) is 5.30. The van der Waals surface area contributed by atoms with Gasteiger partial charge >= 0.3 is 0 Å². The van der Waals surface area contributed by atoms with E-state index in [1.54, 1.807) is 6.26 Å². The van der Waals surface area contributed by atoms with E-state index in [-0.39, 0.29) is 0 Å². The summed E-state index contributed by atoms with van der Waals surface area (Å²) in [5.41, 5.74) is 0. The Morgan fingerprint density at radius 3 is 2.88 bits per heavy atom. The minimum absolute atomic E-state index is 0.600. The van der Waals surface area contributed by atoms with Gasteiger partial charge in [-0.2, -0.15) is 0 Å². The van der Waals surface area contributed by atoms with Crippen LogP contribution in [0.25, 0.3) is 0 Å². The molecule has 1 aromatic rings. The van der Waals surface area contributed by atoms with Crippen LogP contribution in [0.4, 0.5) is 0 Å². The standard InChI is InChI=1S/C15H25NO/c1-3-12-7-8-13(10-12)15(16-4-2)11-14-6-5-9-17-14/h5-6,9,12-13,15-16H,3-4,7-8,10-11H2,1-2H3. The maximum atomic E-state index is 5.48. The smallest absolute Gasteiger partial charge is 0.105 e. The third kappa shape index (κ3) is 3.35. The van der Waals surface area contributed by atoms with Crippen molar-refractivity contribution in [1.29, 1.82) is 0 Å². The van der Waals surface area contributed by atoms with Crippen LogP contribution in [0.3, 0.4) is 0 Å². The molecule has 96 valence electrons. The molecule has 1 saturated carbocycles. The summed E-state index contributed by atoms with van der Waals surface area (Å²) in [6.45, 7) is 5.57. The predicted octanol–water partition coefficient (Wildman–Crippen LogP) is 3.63. The lowest BCUT2D eigenvalue weighted by Gasteiger charge is -2.23. The molecule has 17 heavy (non-hydrogen) atoms. The molecule has 0 aliphatic heterocycles. The summed E-state index contributed by atoms with van der Waals surface area (Å²) < 4.78 is 5.48. The molecule has 3 unspecified atom stereocenters. The summed E-state index contributed by atoms with van der Waals surface area (Å²) in [4.78, 5) is 0. The first-order valence-corrected chi connectivity index (χ1v) is 7.09. The van der Waals surface area contributed by atoms with Crippen molar-refractivity contribution in [3.05, 3.63) is 24.2 Å². The van der Waals surface area contributed by atoms with Crippen LogP contribution in [0, 0.1) is 11.8 Å². The molecular weight excluding hydrogens is 210 g/mol. The lowest BCUT2D eigenvalue weighted by atomic mass is 9.92. The topological polar surface area (TPSA) is 25.2 Å². The quantitative estimate of drug-likeness (QED) is 0.814. The van der Waals surface area contributed by atoms with Crippen LogP contribution in [0.5, 0.6) is 0 Å². The average molecular weight is 235 g/mol. The monoisotopic (exact) mass is 235 g/mol. The van der Waals surface area contributed by atoms with Gasteiger partial charge in [-0.25, -0.2) is 0 Å². The van der Waals surface area contributed by atoms with Crippen molar-refractivity contribution in [2.24, 2.45) is 11.8 Å². The number of hydrogen-bond donors (Lipinski definition) is 1. The fraction of sp³-hybridized carbons (Fsp3) is 0.733. The molecule has 1 aliphatic rings. The second kappa shape index (κ2) is 6.25. The number of rotatable bonds is 6. The molecule has 0 spiro atoms. The summed E-state index contributed by atoms with van der Waals surface area (Å²) in [5, 5.41) is 3.65. The van der Waals surface area contributed by atoms with E-state index < -0.39 is 0 Å². The first-order valence-electron chi connectivity index (χ1n) is 7.09. The van der Waals surface area contributed by atoms with Gasteiger partial charge in [-0.05, 0) is 43.4 Å². The van der Waals surface area contributed by atoms with E-state index in [0.717, 1.165) is 30.6 Å². The highest BCUT2D eigenvalue weighted by atomic mass is 16.3. The zero-order chi connectivity index (χ0) is 12.1. The van der Waals surface area contributed by atoms with Gasteiger partial charge < -0.3 is 9.73 Å². The number of hydrogen-bond acceptors (Lipinski definition) is 2. The van der Waals surface area contributed by atoms with E-state index in [1.807, 2.05) is 6.07 Å². The van der Waals surface area contributed by atoms with E-state index in [4.69, 9.17) is 4.42 Å². The van der Waals surface area contributed by atoms with E-state index in [0.29, 0.717) is 6.04 Å². The first kappa shape index (κ1) is 12.7. The summed E-state index contributed by atoms with van der Waals surface area (Å²) in [6, 6.07) is 4.68. The van der Waals surface area contributed by atoms with Crippen molar-refractivity contribution in [1.82, 2.24) is 5.32 Å². The Hall–Kier alpha value is -0.760. The molecule has 1 aromatic heterocycles. The third-order valence-corrected chi connectivity index (χ3v) is 4.20. The van der Waals surface area contributed by atoms with Crippen molar-refractivity contribution >= 4 is 0 Å². The minimum atomic E-state index is 0.600. The second-order valence-electron chi connectivity index (χ2n) is 5.30. The van der Waals surface area contributed by atoms with Crippen molar-refractivity contribution in [2.45, 2.75) is 52.0 Å². The fourth-order valence-electron chi connectivity index (χ4n) is 3.16. The van der Waals surface area contributed by atoms with Gasteiger partial charge in [-0.15, -0.1) is 0 Å². The summed E-state index contributed by atoms with van der Waals surface area (Å²) in [7, 11) is 0. The molecule has 1 fully saturated rings. The van der Waals surface area contributed by atoms with Gasteiger partial charge in [-0.3, -0.25) is 0 Å². The first-order chi connectivity index (χ1) is 8.33. The Kier molecular flexibility index (Phi) is 4.66. The Bertz CT molecular complexity index is 307. The molecule has 3 atom stereocenters. The van der Waals surface area contributed by atoms with Crippen molar-refractivity contribution in [3.8, 4) is 0 Å². The largest absolute Gasteiger partial charge is 0.469 e. The highest BCUT2D eigenvalue weighted by molar-refractivity contribution is 5.02. The summed E-state index contributed by atoms with van der Waals surface area (Å²) in [5.74, 6) is 2.92. The van der Waals surface area contributed by atoms with Gasteiger partial charge in [0.2, 0.25) is 0 Å². The van der Waals surface area contributed by atoms with Gasteiger partial charge in [0.05, 0.1) is 6.26 Å². The van der Waals surface area contributed by atoms with Crippen LogP contribution in [0.2, 0.25) is 0 Å². The molecule has 0 bridgehead atoms. The maximum absolute atomic E-state index is 5.48. The summed E-state index contributed by atoms with van der Waals surface area (Å²) in [6.07, 6.45) is 8.37. The molecule has 2 heteroatoms. The van der Waals surface area contributed by atoms with Crippen LogP contribution in [-0.4, -0.2) is 12.6 Å². The van der Waals surface area contributed by atoms with Gasteiger partial charge in [-0.1, -0.05) is 26.7 Å². The Morgan fingerprint density at radius 2 is 2.29 bits per heavy atom. The van der Waals surface area contributed by atoms with Crippen molar-refractivity contribution < 1.29 is 4.42 Å². The molecule has 1 heterocycles. The average Bonchev–Trinajstić information content (AvgIpc) is 2.99. The lowest BCUT2D eigenvalue weighted by molar-refractivity contribution is 0.330. The molecule has 0 aromatic carbocycles. The number of likely N-dealkylation sites (N-methyl/N-ethyl adjacent to an activating group) is 1. The van der Waals surface area contributed by atoms with Crippen LogP contribution in [0.15, 0.2) is 22.8 Å². The maximum Gasteiger partial charge on any atom is 0.105 e. The van der Waals surface area contributed by atoms with E-state index in [1.165, 1.54) is 25.7 Å². The summed E-state index contributed by atoms with van der Waals surface area (Å²) >= 11 is 0. The molecule has 2 nitrogen and oxygen atoms in total. The Morgan fingerprint density at radius 1 is 1.41 bits per heavy atom. The number of nitrogens with one attached hydrogen (secondary N) is 1. The fourth-order valence-corrected chi connectivity index (χ4v) is 3.16. The SMILES string of the molecule is CCNC(Cc1ccco1)C1CCC(CC)C1. The van der Waals surface area contributed by atoms with Gasteiger partial charge in [0, 0.05) is 12.5 Å². The van der Waals surface area contributed by atoms with Gasteiger partial charge in [0.15, 0.2) is 0 Å². The molecule has 0 amide bonds. The minimum Gasteiger partial charge on any atom is -0.469 e. The Balaban J connectivity index is 1.92. The van der Waals surface area contributed by atoms with Gasteiger partial charge in [0.25, 0.3) is 0 Å². The zero-order valence-electron chi connectivity index (χ0n) is 11.1. The van der Waals surface area contributed by atoms with Crippen molar-refractivity contribution in [3.63, 3.8) is 0 Å². The molecule has 1 N–H and O–H groups in total. The predicted molar refractivity (Wildman–Crippen MR) is 71.0 cm³/mol. The van der Waals surface area contributed by atoms with E-state index >= 15 is 0 Å². The molecular formula is C15H25NO. The van der Waals surface area contributed by atoms with Gasteiger partial charge in [0.1, 0.15) is 5.76 Å². The molecule has 0 radical (unpaired) electrons. The molecule has 1 aliphatic carbocycles. The van der Waals surface area contributed by atoms with E-state index in [2.05, 4.69) is 25.2 Å². The van der Waals surface area contributed by atoms with E-state index in [9.17, 15) is 0 Å². The van der Waals surface area contributed by atoms with Crippen molar-refractivity contribution in [2.75, 3.05) is 6.54 Å². The Labute approximate surface area is 105 Å². The number of furan rings is 1. The third-order valence-electron chi connectivity index (χ3n) is 4.20. The highest BCUT2D eigenvalue weighted by Crippen LogP contribution is 2.35. The van der Waals surface area contributed by atoms with Crippen LogP contribution < -0.4 is 5.32 Å². The van der Waals surface area contributed by atoms with Crippen LogP contribution >= 0.6 is 0 Å². The normalized spacial score (nSPS) is 26.2. The molecule has 2 rings (SSSR count). The molecule has 0 saturated heterocycles.